The summed E-state index contributed by atoms with van der Waals surface area (Å²) >= 11 is 6.46. The van der Waals surface area contributed by atoms with Crippen LogP contribution in [0.3, 0.4) is 0 Å². The summed E-state index contributed by atoms with van der Waals surface area (Å²) in [5.41, 5.74) is 3.55. The van der Waals surface area contributed by atoms with Crippen molar-refractivity contribution in [2.75, 3.05) is 6.79 Å². The maximum atomic E-state index is 12.0. The quantitative estimate of drug-likeness (QED) is 0.565. The van der Waals surface area contributed by atoms with Gasteiger partial charge in [0.1, 0.15) is 5.75 Å². The van der Waals surface area contributed by atoms with Crippen LogP contribution >= 0.6 is 31.9 Å². The van der Waals surface area contributed by atoms with E-state index in [2.05, 4.69) is 42.4 Å². The molecule has 8 heteroatoms. The number of amides is 1. The normalized spacial score (nSPS) is 12.6. The number of nitrogens with zero attached hydrogens (tertiary/aromatic N) is 1. The number of phenolic OH excluding ortho intramolecular Hbond substituents is 1. The molecule has 6 nitrogen and oxygen atoms in total. The molecule has 2 aromatic carbocycles. The molecule has 1 amide bonds. The van der Waals surface area contributed by atoms with Crippen LogP contribution in [0.4, 0.5) is 0 Å². The Morgan fingerprint density at radius 1 is 1.17 bits per heavy atom. The number of hydrogen-bond acceptors (Lipinski definition) is 5. The van der Waals surface area contributed by atoms with E-state index in [-0.39, 0.29) is 18.4 Å². The van der Waals surface area contributed by atoms with Crippen LogP contribution in [0.5, 0.6) is 17.2 Å². The van der Waals surface area contributed by atoms with Crippen LogP contribution in [0.1, 0.15) is 15.9 Å². The van der Waals surface area contributed by atoms with E-state index in [4.69, 9.17) is 9.47 Å². The first-order valence-electron chi connectivity index (χ1n) is 6.45. The number of carbonyl (C=O) groups excluding carboxylic acids is 1. The van der Waals surface area contributed by atoms with E-state index >= 15 is 0 Å². The van der Waals surface area contributed by atoms with Crippen molar-refractivity contribution >= 4 is 44.0 Å². The van der Waals surface area contributed by atoms with Gasteiger partial charge in [-0.1, -0.05) is 0 Å². The first-order chi connectivity index (χ1) is 11.0. The highest BCUT2D eigenvalue weighted by molar-refractivity contribution is 9.11. The van der Waals surface area contributed by atoms with Gasteiger partial charge >= 0.3 is 0 Å². The highest BCUT2D eigenvalue weighted by Crippen LogP contribution is 2.33. The number of benzene rings is 2. The zero-order valence-corrected chi connectivity index (χ0v) is 14.7. The van der Waals surface area contributed by atoms with Gasteiger partial charge in [0.2, 0.25) is 6.79 Å². The largest absolute Gasteiger partial charge is 0.506 e. The maximum Gasteiger partial charge on any atom is 0.271 e. The third kappa shape index (κ3) is 3.48. The molecular formula is C15H10Br2N2O4. The lowest BCUT2D eigenvalue weighted by atomic mass is 10.2. The second kappa shape index (κ2) is 6.59. The van der Waals surface area contributed by atoms with Gasteiger partial charge < -0.3 is 14.6 Å². The number of carbonyl (C=O) groups is 1. The molecule has 0 aliphatic carbocycles. The van der Waals surface area contributed by atoms with Gasteiger partial charge in [-0.15, -0.1) is 0 Å². The second-order valence-electron chi connectivity index (χ2n) is 4.60. The smallest absolute Gasteiger partial charge is 0.271 e. The van der Waals surface area contributed by atoms with Gasteiger partial charge in [-0.3, -0.25) is 4.79 Å². The molecule has 1 aliphatic rings. The molecule has 0 fully saturated rings. The molecule has 2 aromatic rings. The zero-order chi connectivity index (χ0) is 16.4. The van der Waals surface area contributed by atoms with Crippen LogP contribution in [-0.4, -0.2) is 24.0 Å². The van der Waals surface area contributed by atoms with Crippen molar-refractivity contribution in [1.82, 2.24) is 5.43 Å². The van der Waals surface area contributed by atoms with E-state index in [1.807, 2.05) is 0 Å². The van der Waals surface area contributed by atoms with E-state index < -0.39 is 0 Å². The van der Waals surface area contributed by atoms with Crippen molar-refractivity contribution in [3.63, 3.8) is 0 Å². The van der Waals surface area contributed by atoms with Gasteiger partial charge in [0.15, 0.2) is 11.5 Å². The Balaban J connectivity index is 1.69. The maximum absolute atomic E-state index is 12.0. The molecule has 1 heterocycles. The van der Waals surface area contributed by atoms with Gasteiger partial charge in [-0.05, 0) is 67.8 Å². The average molecular weight is 442 g/mol. The summed E-state index contributed by atoms with van der Waals surface area (Å²) in [6.45, 7) is 0.156. The monoisotopic (exact) mass is 440 g/mol. The number of hydrazone groups is 1. The van der Waals surface area contributed by atoms with Crippen molar-refractivity contribution in [2.45, 2.75) is 0 Å². The molecule has 0 aromatic heterocycles. The Morgan fingerprint density at radius 2 is 1.87 bits per heavy atom. The van der Waals surface area contributed by atoms with Crippen molar-refractivity contribution < 1.29 is 19.4 Å². The molecule has 1 aliphatic heterocycles. The number of phenols is 1. The van der Waals surface area contributed by atoms with Gasteiger partial charge in [-0.2, -0.15) is 5.10 Å². The topological polar surface area (TPSA) is 80.2 Å². The van der Waals surface area contributed by atoms with E-state index in [1.54, 1.807) is 30.3 Å². The van der Waals surface area contributed by atoms with Crippen LogP contribution in [0.15, 0.2) is 44.4 Å². The summed E-state index contributed by atoms with van der Waals surface area (Å²) in [4.78, 5) is 12.0. The minimum Gasteiger partial charge on any atom is -0.506 e. The molecular weight excluding hydrogens is 432 g/mol. The van der Waals surface area contributed by atoms with Crippen LogP contribution < -0.4 is 14.9 Å². The average Bonchev–Trinajstić information content (AvgIpc) is 2.99. The number of ether oxygens (including phenoxy) is 2. The lowest BCUT2D eigenvalue weighted by Gasteiger charge is -2.03. The standard InChI is InChI=1S/C15H10Br2N2O4/c16-10-3-8(4-11(17)14(10)20)6-18-19-15(21)9-1-2-12-13(5-9)23-7-22-12/h1-6,20H,7H2,(H,19,21)/b18-6-. The van der Waals surface area contributed by atoms with E-state index in [0.717, 1.165) is 0 Å². The molecule has 2 N–H and O–H groups in total. The summed E-state index contributed by atoms with van der Waals surface area (Å²) in [5.74, 6) is 0.889. The Morgan fingerprint density at radius 3 is 2.61 bits per heavy atom. The lowest BCUT2D eigenvalue weighted by molar-refractivity contribution is 0.0954. The molecule has 118 valence electrons. The van der Waals surface area contributed by atoms with Gasteiger partial charge in [0.25, 0.3) is 5.91 Å². The predicted molar refractivity (Wildman–Crippen MR) is 91.1 cm³/mol. The van der Waals surface area contributed by atoms with Crippen LogP contribution in [0.25, 0.3) is 0 Å². The summed E-state index contributed by atoms with van der Waals surface area (Å²) in [6.07, 6.45) is 1.47. The molecule has 0 bridgehead atoms. The zero-order valence-electron chi connectivity index (χ0n) is 11.5. The molecule has 0 spiro atoms. The van der Waals surface area contributed by atoms with Crippen LogP contribution in [0.2, 0.25) is 0 Å². The summed E-state index contributed by atoms with van der Waals surface area (Å²) in [7, 11) is 0. The van der Waals surface area contributed by atoms with Gasteiger partial charge in [-0.25, -0.2) is 5.43 Å². The van der Waals surface area contributed by atoms with Crippen molar-refractivity contribution in [3.8, 4) is 17.2 Å². The molecule has 0 saturated heterocycles. The van der Waals surface area contributed by atoms with E-state index in [1.165, 1.54) is 6.21 Å². The minimum absolute atomic E-state index is 0.103. The third-order valence-electron chi connectivity index (χ3n) is 3.05. The Labute approximate surface area is 148 Å². The fraction of sp³-hybridized carbons (Fsp3) is 0.0667. The lowest BCUT2D eigenvalue weighted by Crippen LogP contribution is -2.17. The van der Waals surface area contributed by atoms with Crippen LogP contribution in [0, 0.1) is 0 Å². The summed E-state index contributed by atoms with van der Waals surface area (Å²) in [5, 5.41) is 13.5. The molecule has 0 atom stereocenters. The number of rotatable bonds is 3. The van der Waals surface area contributed by atoms with Crippen molar-refractivity contribution in [3.05, 3.63) is 50.4 Å². The van der Waals surface area contributed by atoms with E-state index in [0.29, 0.717) is 31.6 Å². The fourth-order valence-electron chi connectivity index (χ4n) is 1.93. The number of hydrogen-bond donors (Lipinski definition) is 2. The molecule has 3 rings (SSSR count). The van der Waals surface area contributed by atoms with Crippen LogP contribution in [-0.2, 0) is 0 Å². The first kappa shape index (κ1) is 15.8. The fourth-order valence-corrected chi connectivity index (χ4v) is 3.15. The number of fused-ring (bicyclic) bond motifs is 1. The summed E-state index contributed by atoms with van der Waals surface area (Å²) in [6, 6.07) is 8.26. The highest BCUT2D eigenvalue weighted by atomic mass is 79.9. The van der Waals surface area contributed by atoms with E-state index in [9.17, 15) is 9.90 Å². The number of nitrogens with one attached hydrogen (secondary N) is 1. The first-order valence-corrected chi connectivity index (χ1v) is 8.04. The molecule has 23 heavy (non-hydrogen) atoms. The van der Waals surface area contributed by atoms with Gasteiger partial charge in [0.05, 0.1) is 15.2 Å². The number of halogens is 2. The predicted octanol–water partition coefficient (Wildman–Crippen LogP) is 3.41. The summed E-state index contributed by atoms with van der Waals surface area (Å²) < 4.78 is 11.5. The molecule has 0 saturated carbocycles. The number of aromatic hydroxyl groups is 1. The Bertz CT molecular complexity index is 785. The van der Waals surface area contributed by atoms with Gasteiger partial charge in [0, 0.05) is 5.56 Å². The highest BCUT2D eigenvalue weighted by Gasteiger charge is 2.15. The Kier molecular flexibility index (Phi) is 4.53. The minimum atomic E-state index is -0.364. The molecule has 0 radical (unpaired) electrons. The van der Waals surface area contributed by atoms with Crippen molar-refractivity contribution in [2.24, 2.45) is 5.10 Å². The Hall–Kier alpha value is -2.06. The molecule has 0 unspecified atom stereocenters. The van der Waals surface area contributed by atoms with Crippen molar-refractivity contribution in [1.29, 1.82) is 0 Å². The second-order valence-corrected chi connectivity index (χ2v) is 6.31. The third-order valence-corrected chi connectivity index (χ3v) is 4.26. The SMILES string of the molecule is O=C(N/N=C\c1cc(Br)c(O)c(Br)c1)c1ccc2c(c1)OCO2.